The average Bonchev–Trinajstić information content (AvgIpc) is 2.68. The van der Waals surface area contributed by atoms with E-state index in [4.69, 9.17) is 9.31 Å². The molecule has 114 valence electrons. The van der Waals surface area contributed by atoms with Gasteiger partial charge in [-0.1, -0.05) is 36.4 Å². The van der Waals surface area contributed by atoms with Crippen LogP contribution in [0.5, 0.6) is 0 Å². The Morgan fingerprint density at radius 2 is 1.36 bits per heavy atom. The van der Waals surface area contributed by atoms with Crippen LogP contribution in [-0.2, 0) is 9.31 Å². The molecule has 4 heteroatoms. The molecule has 0 unspecified atom stereocenters. The van der Waals surface area contributed by atoms with Crippen LogP contribution in [0.15, 0.2) is 48.5 Å². The monoisotopic (exact) mass is 406 g/mol. The first kappa shape index (κ1) is 16.0. The molecule has 1 saturated heterocycles. The van der Waals surface area contributed by atoms with Gasteiger partial charge in [-0.15, -0.1) is 0 Å². The molecule has 1 aliphatic rings. The van der Waals surface area contributed by atoms with E-state index in [1.165, 1.54) is 14.7 Å². The molecule has 1 heterocycles. The van der Waals surface area contributed by atoms with Gasteiger partial charge in [0.15, 0.2) is 0 Å². The molecular formula is C18H20BIO2. The van der Waals surface area contributed by atoms with E-state index in [2.05, 4.69) is 98.8 Å². The molecule has 0 saturated carbocycles. The summed E-state index contributed by atoms with van der Waals surface area (Å²) in [5, 5.41) is 0. The largest absolute Gasteiger partial charge is 0.494 e. The second kappa shape index (κ2) is 5.66. The van der Waals surface area contributed by atoms with E-state index in [1.54, 1.807) is 0 Å². The molecule has 0 amide bonds. The number of hydrogen-bond acceptors (Lipinski definition) is 2. The van der Waals surface area contributed by atoms with Crippen molar-refractivity contribution in [1.82, 2.24) is 0 Å². The molecule has 0 atom stereocenters. The normalized spacial score (nSPS) is 19.4. The Kier molecular flexibility index (Phi) is 4.12. The van der Waals surface area contributed by atoms with E-state index in [0.717, 1.165) is 5.46 Å². The van der Waals surface area contributed by atoms with Crippen molar-refractivity contribution < 1.29 is 9.31 Å². The maximum atomic E-state index is 6.14. The Labute approximate surface area is 146 Å². The van der Waals surface area contributed by atoms with Gasteiger partial charge in [0.25, 0.3) is 0 Å². The minimum Gasteiger partial charge on any atom is -0.399 e. The first-order valence-corrected chi connectivity index (χ1v) is 8.58. The van der Waals surface area contributed by atoms with Gasteiger partial charge in [-0.3, -0.25) is 0 Å². The lowest BCUT2D eigenvalue weighted by Gasteiger charge is -2.32. The SMILES string of the molecule is CC1(C)OB(c2cccc(-c3cccc(I)c3)c2)OC1(C)C. The van der Waals surface area contributed by atoms with Crippen molar-refractivity contribution in [1.29, 1.82) is 0 Å². The van der Waals surface area contributed by atoms with E-state index in [1.807, 2.05) is 0 Å². The molecule has 3 rings (SSSR count). The minimum atomic E-state index is -0.312. The van der Waals surface area contributed by atoms with Gasteiger partial charge in [0.1, 0.15) is 0 Å². The fourth-order valence-corrected chi connectivity index (χ4v) is 3.06. The Bertz CT molecular complexity index is 681. The van der Waals surface area contributed by atoms with Crippen LogP contribution in [-0.4, -0.2) is 18.3 Å². The maximum Gasteiger partial charge on any atom is 0.494 e. The van der Waals surface area contributed by atoms with Crippen LogP contribution in [0.4, 0.5) is 0 Å². The molecule has 1 fully saturated rings. The van der Waals surface area contributed by atoms with Crippen molar-refractivity contribution in [3.8, 4) is 11.1 Å². The Hall–Kier alpha value is -0.845. The van der Waals surface area contributed by atoms with Crippen molar-refractivity contribution >= 4 is 35.2 Å². The molecule has 0 radical (unpaired) electrons. The molecule has 2 aromatic rings. The molecule has 0 aromatic heterocycles. The van der Waals surface area contributed by atoms with Crippen LogP contribution >= 0.6 is 22.6 Å². The summed E-state index contributed by atoms with van der Waals surface area (Å²) in [6.45, 7) is 8.32. The van der Waals surface area contributed by atoms with Crippen LogP contribution in [0.3, 0.4) is 0 Å². The van der Waals surface area contributed by atoms with Crippen LogP contribution < -0.4 is 5.46 Å². The summed E-state index contributed by atoms with van der Waals surface area (Å²) in [5.41, 5.74) is 2.84. The first-order valence-electron chi connectivity index (χ1n) is 7.50. The van der Waals surface area contributed by atoms with E-state index < -0.39 is 0 Å². The second-order valence-corrected chi connectivity index (χ2v) is 7.97. The number of benzene rings is 2. The fraction of sp³-hybridized carbons (Fsp3) is 0.333. The molecule has 1 aliphatic heterocycles. The predicted octanol–water partition coefficient (Wildman–Crippen LogP) is 4.26. The zero-order chi connectivity index (χ0) is 16.0. The summed E-state index contributed by atoms with van der Waals surface area (Å²) >= 11 is 2.34. The predicted molar refractivity (Wildman–Crippen MR) is 100 cm³/mol. The van der Waals surface area contributed by atoms with Crippen molar-refractivity contribution in [3.63, 3.8) is 0 Å². The van der Waals surface area contributed by atoms with Gasteiger partial charge < -0.3 is 9.31 Å². The van der Waals surface area contributed by atoms with Gasteiger partial charge in [-0.25, -0.2) is 0 Å². The van der Waals surface area contributed by atoms with Crippen LogP contribution in [0.25, 0.3) is 11.1 Å². The van der Waals surface area contributed by atoms with E-state index in [9.17, 15) is 0 Å². The van der Waals surface area contributed by atoms with Crippen molar-refractivity contribution in [2.45, 2.75) is 38.9 Å². The highest BCUT2D eigenvalue weighted by Crippen LogP contribution is 2.36. The van der Waals surface area contributed by atoms with Gasteiger partial charge in [-0.05, 0) is 79.0 Å². The van der Waals surface area contributed by atoms with E-state index in [-0.39, 0.29) is 18.3 Å². The molecular weight excluding hydrogens is 386 g/mol. The number of hydrogen-bond donors (Lipinski definition) is 0. The highest BCUT2D eigenvalue weighted by molar-refractivity contribution is 14.1. The quantitative estimate of drug-likeness (QED) is 0.549. The van der Waals surface area contributed by atoms with Gasteiger partial charge in [0.05, 0.1) is 11.2 Å². The van der Waals surface area contributed by atoms with Crippen LogP contribution in [0.1, 0.15) is 27.7 Å². The summed E-state index contributed by atoms with van der Waals surface area (Å²) in [7, 11) is -0.312. The Balaban J connectivity index is 1.93. The first-order chi connectivity index (χ1) is 10.3. The van der Waals surface area contributed by atoms with Crippen molar-refractivity contribution in [3.05, 3.63) is 52.1 Å². The fourth-order valence-electron chi connectivity index (χ4n) is 2.51. The highest BCUT2D eigenvalue weighted by Gasteiger charge is 2.51. The van der Waals surface area contributed by atoms with Gasteiger partial charge in [0.2, 0.25) is 0 Å². The highest BCUT2D eigenvalue weighted by atomic mass is 127. The summed E-state index contributed by atoms with van der Waals surface area (Å²) in [6, 6.07) is 16.9. The molecule has 0 aliphatic carbocycles. The molecule has 22 heavy (non-hydrogen) atoms. The van der Waals surface area contributed by atoms with E-state index >= 15 is 0 Å². The van der Waals surface area contributed by atoms with Gasteiger partial charge in [-0.2, -0.15) is 0 Å². The topological polar surface area (TPSA) is 18.5 Å². The average molecular weight is 406 g/mol. The smallest absolute Gasteiger partial charge is 0.399 e. The Morgan fingerprint density at radius 3 is 1.95 bits per heavy atom. The molecule has 0 spiro atoms. The zero-order valence-electron chi connectivity index (χ0n) is 13.4. The van der Waals surface area contributed by atoms with Crippen LogP contribution in [0, 0.1) is 3.57 Å². The van der Waals surface area contributed by atoms with Crippen LogP contribution in [0.2, 0.25) is 0 Å². The summed E-state index contributed by atoms with van der Waals surface area (Å²) in [5.74, 6) is 0. The lowest BCUT2D eigenvalue weighted by Crippen LogP contribution is -2.41. The Morgan fingerprint density at radius 1 is 0.818 bits per heavy atom. The third-order valence-corrected chi connectivity index (χ3v) is 5.24. The van der Waals surface area contributed by atoms with Gasteiger partial charge in [0, 0.05) is 3.57 Å². The molecule has 2 aromatic carbocycles. The summed E-state index contributed by atoms with van der Waals surface area (Å²) in [4.78, 5) is 0. The second-order valence-electron chi connectivity index (χ2n) is 6.72. The number of rotatable bonds is 2. The molecule has 0 bridgehead atoms. The third kappa shape index (κ3) is 2.96. The molecule has 2 nitrogen and oxygen atoms in total. The zero-order valence-corrected chi connectivity index (χ0v) is 15.5. The molecule has 0 N–H and O–H groups in total. The standard InChI is InChI=1S/C18H20BIO2/c1-17(2)18(3,4)22-19(21-17)15-9-5-7-13(11-15)14-8-6-10-16(20)12-14/h5-12H,1-4H3. The lowest BCUT2D eigenvalue weighted by atomic mass is 9.78. The third-order valence-electron chi connectivity index (χ3n) is 4.57. The summed E-state index contributed by atoms with van der Waals surface area (Å²) < 4.78 is 13.5. The summed E-state index contributed by atoms with van der Waals surface area (Å²) in [6.07, 6.45) is 0. The number of halogens is 1. The minimum absolute atomic E-state index is 0.310. The van der Waals surface area contributed by atoms with Crippen molar-refractivity contribution in [2.24, 2.45) is 0 Å². The van der Waals surface area contributed by atoms with Crippen molar-refractivity contribution in [2.75, 3.05) is 0 Å². The lowest BCUT2D eigenvalue weighted by molar-refractivity contribution is 0.00578. The maximum absolute atomic E-state index is 6.14. The van der Waals surface area contributed by atoms with Gasteiger partial charge >= 0.3 is 7.12 Å². The van der Waals surface area contributed by atoms with E-state index in [0.29, 0.717) is 0 Å².